The Morgan fingerprint density at radius 3 is 2.19 bits per heavy atom. The molecule has 0 saturated heterocycles. The summed E-state index contributed by atoms with van der Waals surface area (Å²) >= 11 is 1.58. The fraction of sp³-hybridized carbons (Fsp3) is 0.300. The number of carbonyl (C=O) groups is 2. The summed E-state index contributed by atoms with van der Waals surface area (Å²) < 4.78 is 0. The number of quaternary nitrogens is 1. The number of para-hydroxylation sites is 1. The highest BCUT2D eigenvalue weighted by molar-refractivity contribution is 7.98. The van der Waals surface area contributed by atoms with Gasteiger partial charge in [0.2, 0.25) is 0 Å². The second-order valence-electron chi connectivity index (χ2n) is 6.43. The maximum Gasteiger partial charge on any atom is 0.279 e. The molecule has 2 amide bonds. The summed E-state index contributed by atoms with van der Waals surface area (Å²) in [6.45, 7) is 4.44. The van der Waals surface area contributed by atoms with Gasteiger partial charge in [0.15, 0.2) is 13.1 Å². The van der Waals surface area contributed by atoms with Crippen molar-refractivity contribution in [2.24, 2.45) is 0 Å². The number of benzene rings is 2. The summed E-state index contributed by atoms with van der Waals surface area (Å²) in [5.74, 6) is -0.213. The standard InChI is InChI=1S/C20H25N3O2S/c1-14-9-10-16(15(2)11-14)21-19(24)12-23(3)13-20(25)22-17-7-5-6-8-18(17)26-4/h5-11H,12-13H2,1-4H3,(H,21,24)(H,22,25)/p+1. The molecule has 0 saturated carbocycles. The molecule has 0 aliphatic rings. The Kier molecular flexibility index (Phi) is 7.24. The summed E-state index contributed by atoms with van der Waals surface area (Å²) in [7, 11) is 1.83. The van der Waals surface area contributed by atoms with Crippen LogP contribution in [0.1, 0.15) is 11.1 Å². The molecule has 0 aliphatic carbocycles. The Bertz CT molecular complexity index is 792. The van der Waals surface area contributed by atoms with Crippen LogP contribution in [0.3, 0.4) is 0 Å². The fourth-order valence-electron chi connectivity index (χ4n) is 2.70. The quantitative estimate of drug-likeness (QED) is 0.653. The molecule has 0 aromatic heterocycles. The van der Waals surface area contributed by atoms with Crippen LogP contribution in [0.2, 0.25) is 0 Å². The number of anilines is 2. The zero-order valence-electron chi connectivity index (χ0n) is 15.7. The van der Waals surface area contributed by atoms with E-state index in [0.717, 1.165) is 32.3 Å². The Balaban J connectivity index is 1.86. The van der Waals surface area contributed by atoms with Crippen molar-refractivity contribution in [1.82, 2.24) is 0 Å². The van der Waals surface area contributed by atoms with Crippen molar-refractivity contribution in [3.8, 4) is 0 Å². The van der Waals surface area contributed by atoms with Crippen molar-refractivity contribution >= 4 is 35.0 Å². The predicted octanol–water partition coefficient (Wildman–Crippen LogP) is 2.12. The molecule has 0 radical (unpaired) electrons. The van der Waals surface area contributed by atoms with Gasteiger partial charge in [-0.1, -0.05) is 29.8 Å². The van der Waals surface area contributed by atoms with E-state index < -0.39 is 0 Å². The van der Waals surface area contributed by atoms with E-state index in [-0.39, 0.29) is 24.9 Å². The highest BCUT2D eigenvalue weighted by Crippen LogP contribution is 2.24. The van der Waals surface area contributed by atoms with Crippen LogP contribution in [0, 0.1) is 13.8 Å². The first-order valence-corrected chi connectivity index (χ1v) is 9.72. The molecule has 1 unspecified atom stereocenters. The van der Waals surface area contributed by atoms with Crippen molar-refractivity contribution in [3.05, 3.63) is 53.6 Å². The molecule has 1 atom stereocenters. The summed E-state index contributed by atoms with van der Waals surface area (Å²) in [6.07, 6.45) is 1.97. The number of hydrogen-bond donors (Lipinski definition) is 3. The van der Waals surface area contributed by atoms with E-state index in [2.05, 4.69) is 10.6 Å². The summed E-state index contributed by atoms with van der Waals surface area (Å²) in [5, 5.41) is 5.83. The number of likely N-dealkylation sites (N-methyl/N-ethyl adjacent to an activating group) is 1. The molecule has 26 heavy (non-hydrogen) atoms. The third-order valence-corrected chi connectivity index (χ3v) is 4.76. The van der Waals surface area contributed by atoms with Crippen LogP contribution in [0.4, 0.5) is 11.4 Å². The molecular weight excluding hydrogens is 346 g/mol. The van der Waals surface area contributed by atoms with Gasteiger partial charge in [-0.15, -0.1) is 11.8 Å². The Morgan fingerprint density at radius 2 is 1.58 bits per heavy atom. The minimum atomic E-state index is -0.108. The van der Waals surface area contributed by atoms with Gasteiger partial charge in [-0.05, 0) is 43.9 Å². The summed E-state index contributed by atoms with van der Waals surface area (Å²) in [5.41, 5.74) is 3.80. The third-order valence-electron chi connectivity index (χ3n) is 3.96. The number of aryl methyl sites for hydroxylation is 2. The van der Waals surface area contributed by atoms with Gasteiger partial charge in [-0.2, -0.15) is 0 Å². The Morgan fingerprint density at radius 1 is 0.962 bits per heavy atom. The van der Waals surface area contributed by atoms with Crippen LogP contribution in [0.5, 0.6) is 0 Å². The number of hydrogen-bond acceptors (Lipinski definition) is 3. The molecule has 0 bridgehead atoms. The van der Waals surface area contributed by atoms with Crippen molar-refractivity contribution < 1.29 is 14.5 Å². The van der Waals surface area contributed by atoms with Crippen LogP contribution < -0.4 is 15.5 Å². The van der Waals surface area contributed by atoms with Crippen LogP contribution in [0.25, 0.3) is 0 Å². The van der Waals surface area contributed by atoms with Gasteiger partial charge in [0.05, 0.1) is 12.7 Å². The molecule has 6 heteroatoms. The van der Waals surface area contributed by atoms with Crippen LogP contribution >= 0.6 is 11.8 Å². The second kappa shape index (κ2) is 9.40. The van der Waals surface area contributed by atoms with E-state index >= 15 is 0 Å². The molecule has 3 N–H and O–H groups in total. The third kappa shape index (κ3) is 5.89. The van der Waals surface area contributed by atoms with Gasteiger partial charge in [0.1, 0.15) is 0 Å². The number of carbonyl (C=O) groups excluding carboxylic acids is 2. The number of nitrogens with one attached hydrogen (secondary N) is 3. The van der Waals surface area contributed by atoms with E-state index in [1.165, 1.54) is 0 Å². The Labute approximate surface area is 159 Å². The van der Waals surface area contributed by atoms with Crippen LogP contribution in [-0.2, 0) is 9.59 Å². The normalized spacial score (nSPS) is 11.7. The van der Waals surface area contributed by atoms with Crippen LogP contribution in [0.15, 0.2) is 47.4 Å². The molecular formula is C20H26N3O2S+. The predicted molar refractivity (Wildman–Crippen MR) is 108 cm³/mol. The van der Waals surface area contributed by atoms with E-state index in [1.54, 1.807) is 11.8 Å². The van der Waals surface area contributed by atoms with E-state index in [9.17, 15) is 9.59 Å². The SMILES string of the molecule is CSc1ccccc1NC(=O)C[NH+](C)CC(=O)Nc1ccc(C)cc1C. The molecule has 0 heterocycles. The zero-order chi connectivity index (χ0) is 19.1. The van der Waals surface area contributed by atoms with Gasteiger partial charge >= 0.3 is 0 Å². The number of thioether (sulfide) groups is 1. The lowest BCUT2D eigenvalue weighted by atomic mass is 10.1. The minimum absolute atomic E-state index is 0.105. The van der Waals surface area contributed by atoms with Crippen molar-refractivity contribution in [2.75, 3.05) is 37.0 Å². The molecule has 2 aromatic carbocycles. The second-order valence-corrected chi connectivity index (χ2v) is 7.27. The topological polar surface area (TPSA) is 62.6 Å². The number of rotatable bonds is 7. The molecule has 5 nitrogen and oxygen atoms in total. The first kappa shape index (κ1) is 20.0. The smallest absolute Gasteiger partial charge is 0.279 e. The molecule has 138 valence electrons. The molecule has 0 spiro atoms. The Hall–Kier alpha value is -2.31. The monoisotopic (exact) mass is 372 g/mol. The lowest BCUT2D eigenvalue weighted by Crippen LogP contribution is -3.11. The first-order chi connectivity index (χ1) is 12.4. The average molecular weight is 373 g/mol. The highest BCUT2D eigenvalue weighted by atomic mass is 32.2. The average Bonchev–Trinajstić information content (AvgIpc) is 2.57. The van der Waals surface area contributed by atoms with Gasteiger partial charge in [0, 0.05) is 10.6 Å². The first-order valence-electron chi connectivity index (χ1n) is 8.50. The van der Waals surface area contributed by atoms with E-state index in [1.807, 2.05) is 69.6 Å². The maximum absolute atomic E-state index is 12.2. The molecule has 0 aliphatic heterocycles. The van der Waals surface area contributed by atoms with E-state index in [4.69, 9.17) is 0 Å². The minimum Gasteiger partial charge on any atom is -0.322 e. The number of amides is 2. The molecule has 2 aromatic rings. The van der Waals surface area contributed by atoms with E-state index in [0.29, 0.717) is 0 Å². The molecule has 2 rings (SSSR count). The molecule has 0 fully saturated rings. The van der Waals surface area contributed by atoms with Gasteiger partial charge in [-0.25, -0.2) is 0 Å². The highest BCUT2D eigenvalue weighted by Gasteiger charge is 2.16. The van der Waals surface area contributed by atoms with Crippen molar-refractivity contribution in [2.45, 2.75) is 18.7 Å². The lowest BCUT2D eigenvalue weighted by Gasteiger charge is -2.15. The lowest BCUT2D eigenvalue weighted by molar-refractivity contribution is -0.862. The largest absolute Gasteiger partial charge is 0.322 e. The van der Waals surface area contributed by atoms with Gasteiger partial charge < -0.3 is 15.5 Å². The van der Waals surface area contributed by atoms with Crippen molar-refractivity contribution in [1.29, 1.82) is 0 Å². The summed E-state index contributed by atoms with van der Waals surface area (Å²) in [6, 6.07) is 13.6. The van der Waals surface area contributed by atoms with Gasteiger partial charge in [0.25, 0.3) is 11.8 Å². The van der Waals surface area contributed by atoms with Crippen molar-refractivity contribution in [3.63, 3.8) is 0 Å². The van der Waals surface area contributed by atoms with Crippen LogP contribution in [-0.4, -0.2) is 38.2 Å². The zero-order valence-corrected chi connectivity index (χ0v) is 16.5. The maximum atomic E-state index is 12.2. The van der Waals surface area contributed by atoms with Gasteiger partial charge in [-0.3, -0.25) is 9.59 Å². The summed E-state index contributed by atoms with van der Waals surface area (Å²) in [4.78, 5) is 26.3. The fourth-order valence-corrected chi connectivity index (χ4v) is 3.25.